The van der Waals surface area contributed by atoms with Crippen LogP contribution in [0, 0.1) is 6.92 Å². The summed E-state index contributed by atoms with van der Waals surface area (Å²) >= 11 is 12.8. The van der Waals surface area contributed by atoms with Crippen LogP contribution in [0.2, 0.25) is 10.0 Å². The second-order valence-corrected chi connectivity index (χ2v) is 9.26. The molecule has 3 heterocycles. The predicted octanol–water partition coefficient (Wildman–Crippen LogP) is 5.74. The van der Waals surface area contributed by atoms with Gasteiger partial charge in [0, 0.05) is 5.02 Å². The molecule has 3 aromatic carbocycles. The lowest BCUT2D eigenvalue weighted by Gasteiger charge is -2.41. The third-order valence-corrected chi connectivity index (χ3v) is 6.86. The van der Waals surface area contributed by atoms with Crippen LogP contribution in [0.1, 0.15) is 34.3 Å². The minimum Gasteiger partial charge on any atom is -0.323 e. The molecule has 0 bridgehead atoms. The van der Waals surface area contributed by atoms with Crippen LogP contribution in [0.4, 0.5) is 16.2 Å². The number of aryl methyl sites for hydroxylation is 1. The molecule has 2 atom stereocenters. The number of anilines is 2. The van der Waals surface area contributed by atoms with E-state index in [1.54, 1.807) is 17.0 Å². The molecule has 0 spiro atoms. The van der Waals surface area contributed by atoms with Gasteiger partial charge in [0.05, 0.1) is 28.0 Å². The summed E-state index contributed by atoms with van der Waals surface area (Å²) in [7, 11) is 0. The first-order valence-electron chi connectivity index (χ1n) is 10.6. The number of rotatable bonds is 2. The van der Waals surface area contributed by atoms with E-state index in [9.17, 15) is 9.59 Å². The third kappa shape index (κ3) is 3.05. The molecule has 164 valence electrons. The fourth-order valence-corrected chi connectivity index (χ4v) is 5.26. The first-order chi connectivity index (χ1) is 15.9. The molecule has 3 aromatic rings. The van der Waals surface area contributed by atoms with Gasteiger partial charge in [-0.2, -0.15) is 0 Å². The van der Waals surface area contributed by atoms with Crippen LogP contribution in [0.15, 0.2) is 65.7 Å². The Morgan fingerprint density at radius 3 is 2.55 bits per heavy atom. The Balaban J connectivity index is 1.60. The maximum Gasteiger partial charge on any atom is 0.331 e. The monoisotopic (exact) mass is 476 g/mol. The Kier molecular flexibility index (Phi) is 4.50. The van der Waals surface area contributed by atoms with E-state index in [0.717, 1.165) is 16.7 Å². The van der Waals surface area contributed by atoms with E-state index in [4.69, 9.17) is 28.2 Å². The van der Waals surface area contributed by atoms with Crippen molar-refractivity contribution >= 4 is 52.4 Å². The number of aliphatic imine (C=N–C) groups is 1. The molecule has 0 aromatic heterocycles. The van der Waals surface area contributed by atoms with Gasteiger partial charge in [-0.1, -0.05) is 65.2 Å². The zero-order chi connectivity index (χ0) is 22.9. The summed E-state index contributed by atoms with van der Waals surface area (Å²) in [4.78, 5) is 34.5. The molecule has 1 N–H and O–H groups in total. The van der Waals surface area contributed by atoms with Gasteiger partial charge in [-0.25, -0.2) is 4.79 Å². The number of benzene rings is 3. The molecule has 0 aliphatic carbocycles. The number of fused-ring (bicyclic) bond motifs is 2. The average Bonchev–Trinajstić information content (AvgIpc) is 3.19. The second-order valence-electron chi connectivity index (χ2n) is 8.41. The fraction of sp³-hybridized carbons (Fsp3) is 0.160. The molecular formula is C25H18Cl2N4O2. The Morgan fingerprint density at radius 2 is 1.79 bits per heavy atom. The minimum atomic E-state index is -0.397. The van der Waals surface area contributed by atoms with E-state index >= 15 is 0 Å². The highest BCUT2D eigenvalue weighted by molar-refractivity contribution is 6.38. The van der Waals surface area contributed by atoms with Crippen molar-refractivity contribution in [1.82, 2.24) is 4.90 Å². The molecule has 33 heavy (non-hydrogen) atoms. The van der Waals surface area contributed by atoms with Gasteiger partial charge in [0.2, 0.25) is 5.91 Å². The first-order valence-corrected chi connectivity index (χ1v) is 11.3. The van der Waals surface area contributed by atoms with Gasteiger partial charge < -0.3 is 5.32 Å². The van der Waals surface area contributed by atoms with Crippen molar-refractivity contribution in [3.05, 3.63) is 93.0 Å². The molecule has 8 heteroatoms. The lowest BCUT2D eigenvalue weighted by Crippen LogP contribution is -2.55. The third-order valence-electron chi connectivity index (χ3n) is 6.30. The molecule has 3 aliphatic rings. The second kappa shape index (κ2) is 7.33. The van der Waals surface area contributed by atoms with Crippen molar-refractivity contribution in [1.29, 1.82) is 0 Å². The summed E-state index contributed by atoms with van der Waals surface area (Å²) < 4.78 is 0. The lowest BCUT2D eigenvalue weighted by atomic mass is 9.92. The van der Waals surface area contributed by atoms with Gasteiger partial charge in [0.1, 0.15) is 18.4 Å². The molecule has 0 radical (unpaired) electrons. The van der Waals surface area contributed by atoms with E-state index in [0.29, 0.717) is 32.8 Å². The van der Waals surface area contributed by atoms with Gasteiger partial charge in [-0.15, -0.1) is 0 Å². The largest absolute Gasteiger partial charge is 0.331 e. The van der Waals surface area contributed by atoms with Crippen LogP contribution in [-0.4, -0.2) is 29.2 Å². The quantitative estimate of drug-likeness (QED) is 0.512. The summed E-state index contributed by atoms with van der Waals surface area (Å²) in [6.07, 6.45) is 0. The maximum absolute atomic E-state index is 13.9. The number of carbonyl (C=O) groups is 2. The van der Waals surface area contributed by atoms with Gasteiger partial charge in [-0.3, -0.25) is 19.6 Å². The Labute approximate surface area is 200 Å². The number of carbonyl (C=O) groups excluding carboxylic acids is 2. The number of nitrogens with one attached hydrogen (secondary N) is 1. The molecule has 0 fully saturated rings. The van der Waals surface area contributed by atoms with Crippen LogP contribution in [0.3, 0.4) is 0 Å². The van der Waals surface area contributed by atoms with Gasteiger partial charge in [0.15, 0.2) is 0 Å². The summed E-state index contributed by atoms with van der Waals surface area (Å²) in [5.74, 6) is 0.269. The number of nitrogens with zero attached hydrogens (tertiary/aromatic N) is 3. The van der Waals surface area contributed by atoms with Crippen LogP contribution in [-0.2, 0) is 4.79 Å². The van der Waals surface area contributed by atoms with Crippen LogP contribution < -0.4 is 10.2 Å². The maximum atomic E-state index is 13.9. The highest BCUT2D eigenvalue weighted by Crippen LogP contribution is 2.51. The van der Waals surface area contributed by atoms with E-state index in [-0.39, 0.29) is 24.5 Å². The topological polar surface area (TPSA) is 65.0 Å². The van der Waals surface area contributed by atoms with Crippen molar-refractivity contribution in [3.63, 3.8) is 0 Å². The van der Waals surface area contributed by atoms with Crippen LogP contribution in [0.25, 0.3) is 0 Å². The molecule has 0 saturated heterocycles. The normalized spacial score (nSPS) is 20.9. The highest BCUT2D eigenvalue weighted by atomic mass is 35.5. The highest BCUT2D eigenvalue weighted by Gasteiger charge is 2.50. The molecular weight excluding hydrogens is 459 g/mol. The van der Waals surface area contributed by atoms with Gasteiger partial charge >= 0.3 is 6.03 Å². The molecule has 0 saturated carbocycles. The first kappa shape index (κ1) is 20.3. The molecule has 6 rings (SSSR count). The van der Waals surface area contributed by atoms with Crippen LogP contribution in [0.5, 0.6) is 0 Å². The number of hydrogen-bond acceptors (Lipinski definition) is 3. The van der Waals surface area contributed by atoms with E-state index in [1.807, 2.05) is 49.4 Å². The summed E-state index contributed by atoms with van der Waals surface area (Å²) in [6, 6.07) is 18.0. The SMILES string of the molecule is Cc1cccc(C2C(c3ccc(Cl)cc3)N=C3c4c(Cl)ccc5c4N(CC(=O)N5)C(=O)N32)c1. The molecule has 3 aliphatic heterocycles. The number of amidine groups is 1. The number of amides is 3. The summed E-state index contributed by atoms with van der Waals surface area (Å²) in [5, 5.41) is 3.95. The van der Waals surface area contributed by atoms with Crippen LogP contribution >= 0.6 is 23.2 Å². The number of hydrogen-bond donors (Lipinski definition) is 1. The Morgan fingerprint density at radius 1 is 1.00 bits per heavy atom. The number of urea groups is 1. The minimum absolute atomic E-state index is 0.0743. The van der Waals surface area contributed by atoms with Crippen molar-refractivity contribution in [2.75, 3.05) is 16.8 Å². The van der Waals surface area contributed by atoms with Crippen molar-refractivity contribution < 1.29 is 9.59 Å². The summed E-state index contributed by atoms with van der Waals surface area (Å²) in [6.45, 7) is 1.94. The number of halogens is 2. The van der Waals surface area contributed by atoms with E-state index in [1.165, 1.54) is 4.90 Å². The predicted molar refractivity (Wildman–Crippen MR) is 129 cm³/mol. The van der Waals surface area contributed by atoms with E-state index < -0.39 is 6.04 Å². The van der Waals surface area contributed by atoms with E-state index in [2.05, 4.69) is 11.4 Å². The van der Waals surface area contributed by atoms with Gasteiger partial charge in [0.25, 0.3) is 0 Å². The smallest absolute Gasteiger partial charge is 0.323 e. The van der Waals surface area contributed by atoms with Gasteiger partial charge in [-0.05, 0) is 42.3 Å². The zero-order valence-corrected chi connectivity index (χ0v) is 19.1. The van der Waals surface area contributed by atoms with Crippen molar-refractivity contribution in [2.24, 2.45) is 4.99 Å². The Bertz CT molecular complexity index is 1370. The zero-order valence-electron chi connectivity index (χ0n) is 17.5. The van der Waals surface area contributed by atoms with Crippen molar-refractivity contribution in [3.8, 4) is 0 Å². The van der Waals surface area contributed by atoms with Crippen molar-refractivity contribution in [2.45, 2.75) is 19.0 Å². The standard InChI is InChI=1S/C25H18Cl2N4O2/c1-13-3-2-4-15(11-13)22-21(14-5-7-16(26)8-6-14)29-24-20-17(27)9-10-18-23(20)30(12-19(32)28-18)25(33)31(22)24/h2-11,21-22H,12H2,1H3,(H,28,32). The Hall–Kier alpha value is -3.35. The average molecular weight is 477 g/mol. The molecule has 6 nitrogen and oxygen atoms in total. The molecule has 2 unspecified atom stereocenters. The molecule has 3 amide bonds. The fourth-order valence-electron chi connectivity index (χ4n) is 4.90. The summed E-state index contributed by atoms with van der Waals surface area (Å²) in [5.41, 5.74) is 4.79. The lowest BCUT2D eigenvalue weighted by molar-refractivity contribution is -0.115.